The second-order valence-electron chi connectivity index (χ2n) is 12.3. The SMILES string of the molecule is Cc1ccc2c3ccncc3n3c4cc(C56CC7CC(CC(C7)C5)C6)cc5cc[n+](C)c(c1c23)c54. The Balaban J connectivity index is 1.50. The Labute approximate surface area is 204 Å². The Morgan fingerprint density at radius 1 is 0.886 bits per heavy atom. The molecular weight excluding hydrogens is 426 g/mol. The molecule has 10 rings (SSSR count). The smallest absolute Gasteiger partial charge is 0.224 e. The Kier molecular flexibility index (Phi) is 3.34. The minimum atomic E-state index is 0.380. The molecule has 172 valence electrons. The fourth-order valence-electron chi connectivity index (χ4n) is 9.33. The Morgan fingerprint density at radius 2 is 1.66 bits per heavy atom. The number of aromatic nitrogens is 3. The summed E-state index contributed by atoms with van der Waals surface area (Å²) in [6.45, 7) is 2.27. The molecule has 2 aromatic carbocycles. The molecule has 6 aromatic rings. The summed E-state index contributed by atoms with van der Waals surface area (Å²) in [5, 5.41) is 6.81. The van der Waals surface area contributed by atoms with Gasteiger partial charge in [-0.25, -0.2) is 4.57 Å². The maximum Gasteiger partial charge on any atom is 0.224 e. The highest BCUT2D eigenvalue weighted by Crippen LogP contribution is 2.61. The van der Waals surface area contributed by atoms with Crippen molar-refractivity contribution < 1.29 is 4.57 Å². The van der Waals surface area contributed by atoms with E-state index in [2.05, 4.69) is 76.7 Å². The van der Waals surface area contributed by atoms with Gasteiger partial charge >= 0.3 is 0 Å². The van der Waals surface area contributed by atoms with Gasteiger partial charge in [-0.3, -0.25) is 4.98 Å². The molecule has 4 bridgehead atoms. The average Bonchev–Trinajstić information content (AvgIpc) is 3.18. The van der Waals surface area contributed by atoms with Gasteiger partial charge in [-0.1, -0.05) is 12.1 Å². The molecule has 4 aliphatic rings. The van der Waals surface area contributed by atoms with E-state index in [1.54, 1.807) is 5.56 Å². The largest absolute Gasteiger partial charge is 0.306 e. The first-order chi connectivity index (χ1) is 17.1. The third kappa shape index (κ3) is 2.24. The fourth-order valence-corrected chi connectivity index (χ4v) is 9.33. The minimum Gasteiger partial charge on any atom is -0.306 e. The quantitative estimate of drug-likeness (QED) is 0.148. The highest BCUT2D eigenvalue weighted by atomic mass is 15.0. The molecule has 3 heteroatoms. The van der Waals surface area contributed by atoms with Crippen LogP contribution >= 0.6 is 0 Å². The van der Waals surface area contributed by atoms with Crippen LogP contribution in [0.25, 0.3) is 49.0 Å². The summed E-state index contributed by atoms with van der Waals surface area (Å²) in [6, 6.07) is 14.4. The highest BCUT2D eigenvalue weighted by Gasteiger charge is 2.51. The van der Waals surface area contributed by atoms with E-state index in [4.69, 9.17) is 0 Å². The summed E-state index contributed by atoms with van der Waals surface area (Å²) < 4.78 is 4.90. The predicted molar refractivity (Wildman–Crippen MR) is 142 cm³/mol. The first-order valence-electron chi connectivity index (χ1n) is 13.4. The van der Waals surface area contributed by atoms with Crippen molar-refractivity contribution in [3.63, 3.8) is 0 Å². The summed E-state index contributed by atoms with van der Waals surface area (Å²) in [6.07, 6.45) is 15.0. The number of hydrogen-bond acceptors (Lipinski definition) is 1. The van der Waals surface area contributed by atoms with E-state index >= 15 is 0 Å². The Morgan fingerprint density at radius 3 is 2.43 bits per heavy atom. The topological polar surface area (TPSA) is 21.2 Å². The van der Waals surface area contributed by atoms with Gasteiger partial charge in [0.1, 0.15) is 7.05 Å². The van der Waals surface area contributed by atoms with Crippen LogP contribution in [0.4, 0.5) is 0 Å². The van der Waals surface area contributed by atoms with Crippen molar-refractivity contribution in [3.8, 4) is 0 Å². The molecule has 0 unspecified atom stereocenters. The molecule has 0 amide bonds. The molecule has 3 nitrogen and oxygen atoms in total. The van der Waals surface area contributed by atoms with E-state index in [9.17, 15) is 0 Å². The van der Waals surface area contributed by atoms with Crippen molar-refractivity contribution in [1.29, 1.82) is 0 Å². The van der Waals surface area contributed by atoms with Crippen LogP contribution in [-0.4, -0.2) is 9.38 Å². The van der Waals surface area contributed by atoms with Crippen molar-refractivity contribution in [2.75, 3.05) is 0 Å². The van der Waals surface area contributed by atoms with Crippen molar-refractivity contribution in [1.82, 2.24) is 9.38 Å². The number of pyridine rings is 3. The van der Waals surface area contributed by atoms with E-state index in [-0.39, 0.29) is 0 Å². The average molecular weight is 457 g/mol. The van der Waals surface area contributed by atoms with E-state index in [1.165, 1.54) is 93.1 Å². The highest BCUT2D eigenvalue weighted by molar-refractivity contribution is 6.25. The zero-order chi connectivity index (χ0) is 23.1. The van der Waals surface area contributed by atoms with Gasteiger partial charge in [-0.2, -0.15) is 0 Å². The summed E-state index contributed by atoms with van der Waals surface area (Å²) in [5.74, 6) is 2.84. The van der Waals surface area contributed by atoms with E-state index in [0.29, 0.717) is 5.41 Å². The maximum absolute atomic E-state index is 4.58. The number of benzene rings is 2. The van der Waals surface area contributed by atoms with Crippen LogP contribution in [0.1, 0.15) is 49.7 Å². The zero-order valence-corrected chi connectivity index (χ0v) is 20.5. The molecule has 0 spiro atoms. The minimum absolute atomic E-state index is 0.380. The van der Waals surface area contributed by atoms with E-state index in [0.717, 1.165) is 17.8 Å². The number of hydrogen-bond donors (Lipinski definition) is 0. The molecule has 35 heavy (non-hydrogen) atoms. The van der Waals surface area contributed by atoms with Crippen LogP contribution in [0.3, 0.4) is 0 Å². The van der Waals surface area contributed by atoms with Crippen molar-refractivity contribution in [2.45, 2.75) is 50.9 Å². The van der Waals surface area contributed by atoms with Gasteiger partial charge in [0.25, 0.3) is 0 Å². The summed E-state index contributed by atoms with van der Waals surface area (Å²) in [4.78, 5) is 4.58. The molecule has 4 aromatic heterocycles. The van der Waals surface area contributed by atoms with Crippen LogP contribution in [-0.2, 0) is 12.5 Å². The maximum atomic E-state index is 4.58. The predicted octanol–water partition coefficient (Wildman–Crippen LogP) is 6.99. The van der Waals surface area contributed by atoms with Gasteiger partial charge in [-0.15, -0.1) is 0 Å². The lowest BCUT2D eigenvalue weighted by Gasteiger charge is -2.57. The summed E-state index contributed by atoms with van der Waals surface area (Å²) in [5.41, 5.74) is 8.64. The lowest BCUT2D eigenvalue weighted by atomic mass is 9.48. The Hall–Kier alpha value is -3.20. The lowest BCUT2D eigenvalue weighted by molar-refractivity contribution is -0.643. The van der Waals surface area contributed by atoms with Crippen LogP contribution in [0.5, 0.6) is 0 Å². The first kappa shape index (κ1) is 19.0. The Bertz CT molecular complexity index is 1820. The van der Waals surface area contributed by atoms with Gasteiger partial charge in [0.15, 0.2) is 6.20 Å². The molecule has 4 heterocycles. The van der Waals surface area contributed by atoms with Gasteiger partial charge in [0.2, 0.25) is 5.52 Å². The number of nitrogens with zero attached hydrogens (tertiary/aromatic N) is 3. The van der Waals surface area contributed by atoms with Gasteiger partial charge in [-0.05, 0) is 103 Å². The fraction of sp³-hybridized carbons (Fsp3) is 0.375. The lowest BCUT2D eigenvalue weighted by Crippen LogP contribution is -2.48. The third-order valence-corrected chi connectivity index (χ3v) is 10.3. The second kappa shape index (κ2) is 6.13. The van der Waals surface area contributed by atoms with Crippen molar-refractivity contribution in [2.24, 2.45) is 24.8 Å². The van der Waals surface area contributed by atoms with Crippen molar-refractivity contribution >= 4 is 49.0 Å². The van der Waals surface area contributed by atoms with Crippen molar-refractivity contribution in [3.05, 3.63) is 66.1 Å². The van der Waals surface area contributed by atoms with Crippen LogP contribution in [0.15, 0.2) is 55.0 Å². The van der Waals surface area contributed by atoms with E-state index in [1.807, 2.05) is 6.20 Å². The third-order valence-electron chi connectivity index (χ3n) is 10.3. The van der Waals surface area contributed by atoms with Gasteiger partial charge in [0, 0.05) is 23.0 Å². The number of aryl methyl sites for hydroxylation is 2. The molecule has 4 fully saturated rings. The number of rotatable bonds is 1. The molecule has 0 N–H and O–H groups in total. The normalized spacial score (nSPS) is 28.0. The molecular formula is C32H30N3+. The number of fused-ring (bicyclic) bond motifs is 5. The molecule has 0 radical (unpaired) electrons. The van der Waals surface area contributed by atoms with Crippen LogP contribution in [0.2, 0.25) is 0 Å². The zero-order valence-electron chi connectivity index (χ0n) is 20.5. The molecule has 4 saturated carbocycles. The molecule has 0 saturated heterocycles. The van der Waals surface area contributed by atoms with Crippen LogP contribution in [0, 0.1) is 24.7 Å². The first-order valence-corrected chi connectivity index (χ1v) is 13.4. The summed E-state index contributed by atoms with van der Waals surface area (Å²) in [7, 11) is 2.21. The second-order valence-corrected chi connectivity index (χ2v) is 12.3. The standard InChI is InChI=1S/C32H30N3/c1-18-3-4-25-24-5-7-33-17-27(24)35-26-13-23(32-14-19-9-20(15-32)11-21(10-19)16-32)12-22-6-8-34(2)31(29(22)26)28(18)30(25)35/h3-8,12-13,17,19-21H,9-11,14-16H2,1-2H3/q+1. The molecule has 0 atom stereocenters. The van der Waals surface area contributed by atoms with E-state index < -0.39 is 0 Å². The van der Waals surface area contributed by atoms with Gasteiger partial charge in [0.05, 0.1) is 33.5 Å². The van der Waals surface area contributed by atoms with Gasteiger partial charge < -0.3 is 4.40 Å². The molecule has 0 aliphatic heterocycles. The molecule has 4 aliphatic carbocycles. The van der Waals surface area contributed by atoms with Crippen LogP contribution < -0.4 is 4.57 Å². The monoisotopic (exact) mass is 456 g/mol. The summed E-state index contributed by atoms with van der Waals surface area (Å²) >= 11 is 0.